The van der Waals surface area contributed by atoms with Crippen LogP contribution < -0.4 is 0 Å². The molecule has 0 saturated heterocycles. The van der Waals surface area contributed by atoms with Crippen LogP contribution in [0, 0.1) is 0 Å². The van der Waals surface area contributed by atoms with E-state index in [9.17, 15) is 0 Å². The van der Waals surface area contributed by atoms with Crippen LogP contribution in [0.5, 0.6) is 0 Å². The molecule has 74 valence electrons. The topological polar surface area (TPSA) is 0 Å². The predicted molar refractivity (Wildman–Crippen MR) is 64.5 cm³/mol. The number of rotatable bonds is 6. The Hall–Kier alpha value is 0.180. The zero-order chi connectivity index (χ0) is 9.52. The Morgan fingerprint density at radius 1 is 1.15 bits per heavy atom. The maximum Gasteiger partial charge on any atom is 0.0701 e. The summed E-state index contributed by atoms with van der Waals surface area (Å²) in [6.07, 6.45) is 8.15. The Balaban J connectivity index is 2.06. The number of hydrogen-bond donors (Lipinski definition) is 0. The third-order valence-electron chi connectivity index (χ3n) is 2.16. The highest BCUT2D eigenvalue weighted by atomic mass is 79.9. The molecule has 0 unspecified atom stereocenters. The van der Waals surface area contributed by atoms with E-state index >= 15 is 0 Å². The number of thiophene rings is 1. The molecule has 0 aliphatic heterocycles. The van der Waals surface area contributed by atoms with Gasteiger partial charge in [0.2, 0.25) is 0 Å². The fraction of sp³-hybridized carbons (Fsp3) is 0.636. The van der Waals surface area contributed by atoms with E-state index in [4.69, 9.17) is 0 Å². The first kappa shape index (κ1) is 11.3. The molecule has 1 heterocycles. The van der Waals surface area contributed by atoms with Crippen LogP contribution in [0.3, 0.4) is 0 Å². The van der Waals surface area contributed by atoms with E-state index in [0.717, 1.165) is 0 Å². The number of hydrogen-bond acceptors (Lipinski definition) is 1. The van der Waals surface area contributed by atoms with E-state index in [-0.39, 0.29) is 0 Å². The van der Waals surface area contributed by atoms with Gasteiger partial charge in [0.1, 0.15) is 0 Å². The lowest BCUT2D eigenvalue weighted by Crippen LogP contribution is -1.81. The number of halogens is 1. The SMILES string of the molecule is CCCCCCCc1ccc(Br)s1. The van der Waals surface area contributed by atoms with Gasteiger partial charge in [0.25, 0.3) is 0 Å². The first-order valence-electron chi connectivity index (χ1n) is 5.07. The molecule has 0 N–H and O–H groups in total. The van der Waals surface area contributed by atoms with Crippen molar-refractivity contribution in [1.82, 2.24) is 0 Å². The molecular weight excluding hydrogens is 244 g/mol. The van der Waals surface area contributed by atoms with E-state index in [2.05, 4.69) is 35.0 Å². The van der Waals surface area contributed by atoms with Crippen molar-refractivity contribution >= 4 is 27.3 Å². The third-order valence-corrected chi connectivity index (χ3v) is 3.84. The molecule has 0 nitrogen and oxygen atoms in total. The van der Waals surface area contributed by atoms with Gasteiger partial charge in [0.15, 0.2) is 0 Å². The van der Waals surface area contributed by atoms with Gasteiger partial charge >= 0.3 is 0 Å². The minimum absolute atomic E-state index is 1.26. The van der Waals surface area contributed by atoms with Crippen LogP contribution in [0.4, 0.5) is 0 Å². The van der Waals surface area contributed by atoms with E-state index in [1.165, 1.54) is 47.2 Å². The van der Waals surface area contributed by atoms with Crippen LogP contribution in [-0.2, 0) is 6.42 Å². The summed E-state index contributed by atoms with van der Waals surface area (Å²) < 4.78 is 1.26. The van der Waals surface area contributed by atoms with Crippen LogP contribution >= 0.6 is 27.3 Å². The van der Waals surface area contributed by atoms with Crippen LogP contribution in [-0.4, -0.2) is 0 Å². The molecule has 0 aliphatic carbocycles. The monoisotopic (exact) mass is 260 g/mol. The van der Waals surface area contributed by atoms with E-state index in [1.54, 1.807) is 0 Å². The van der Waals surface area contributed by atoms with Crippen molar-refractivity contribution in [3.63, 3.8) is 0 Å². The molecule has 0 saturated carbocycles. The second-order valence-electron chi connectivity index (χ2n) is 3.37. The summed E-state index contributed by atoms with van der Waals surface area (Å²) in [7, 11) is 0. The lowest BCUT2D eigenvalue weighted by molar-refractivity contribution is 0.634. The van der Waals surface area contributed by atoms with Crippen LogP contribution in [0.25, 0.3) is 0 Å². The van der Waals surface area contributed by atoms with Crippen molar-refractivity contribution in [3.8, 4) is 0 Å². The smallest absolute Gasteiger partial charge is 0.0701 e. The summed E-state index contributed by atoms with van der Waals surface area (Å²) in [4.78, 5) is 1.52. The maximum absolute atomic E-state index is 3.48. The van der Waals surface area contributed by atoms with E-state index in [0.29, 0.717) is 0 Å². The zero-order valence-corrected chi connectivity index (χ0v) is 10.6. The predicted octanol–water partition coefficient (Wildman–Crippen LogP) is 5.02. The molecule has 1 rings (SSSR count). The molecule has 0 spiro atoms. The highest BCUT2D eigenvalue weighted by molar-refractivity contribution is 9.11. The van der Waals surface area contributed by atoms with Gasteiger partial charge in [-0.25, -0.2) is 0 Å². The summed E-state index contributed by atoms with van der Waals surface area (Å²) in [6.45, 7) is 2.26. The number of aryl methyl sites for hydroxylation is 1. The Bertz CT molecular complexity index is 230. The van der Waals surface area contributed by atoms with Gasteiger partial charge in [-0.1, -0.05) is 32.6 Å². The second-order valence-corrected chi connectivity index (χ2v) is 5.92. The van der Waals surface area contributed by atoms with Gasteiger partial charge in [-0.2, -0.15) is 0 Å². The van der Waals surface area contributed by atoms with Gasteiger partial charge in [-0.3, -0.25) is 0 Å². The molecule has 1 aromatic heterocycles. The third kappa shape index (κ3) is 4.82. The standard InChI is InChI=1S/C11H17BrS/c1-2-3-4-5-6-7-10-8-9-11(12)13-10/h8-9H,2-7H2,1H3. The van der Waals surface area contributed by atoms with Crippen molar-refractivity contribution in [2.45, 2.75) is 45.4 Å². The Kier molecular flexibility index (Phi) is 5.72. The van der Waals surface area contributed by atoms with Gasteiger partial charge in [-0.15, -0.1) is 11.3 Å². The molecule has 2 heteroatoms. The van der Waals surface area contributed by atoms with Crippen LogP contribution in [0.15, 0.2) is 15.9 Å². The first-order chi connectivity index (χ1) is 6.33. The average Bonchev–Trinajstić information content (AvgIpc) is 2.51. The van der Waals surface area contributed by atoms with Crippen molar-refractivity contribution in [2.24, 2.45) is 0 Å². The van der Waals surface area contributed by atoms with Gasteiger partial charge < -0.3 is 0 Å². The highest BCUT2D eigenvalue weighted by Gasteiger charge is 1.96. The van der Waals surface area contributed by atoms with Crippen LogP contribution in [0.1, 0.15) is 43.9 Å². The van der Waals surface area contributed by atoms with Gasteiger partial charge in [0.05, 0.1) is 3.79 Å². The second kappa shape index (κ2) is 6.61. The Morgan fingerprint density at radius 3 is 2.54 bits per heavy atom. The summed E-state index contributed by atoms with van der Waals surface area (Å²) in [5, 5.41) is 0. The van der Waals surface area contributed by atoms with Crippen LogP contribution in [0.2, 0.25) is 0 Å². The molecule has 0 radical (unpaired) electrons. The normalized spacial score (nSPS) is 10.6. The minimum atomic E-state index is 1.26. The molecule has 0 aromatic carbocycles. The fourth-order valence-electron chi connectivity index (χ4n) is 1.39. The largest absolute Gasteiger partial charge is 0.133 e. The maximum atomic E-state index is 3.48. The quantitative estimate of drug-likeness (QED) is 0.630. The molecule has 1 aromatic rings. The lowest BCUT2D eigenvalue weighted by Gasteiger charge is -1.97. The summed E-state index contributed by atoms with van der Waals surface area (Å²) >= 11 is 5.35. The van der Waals surface area contributed by atoms with Crippen molar-refractivity contribution in [2.75, 3.05) is 0 Å². The Morgan fingerprint density at radius 2 is 1.92 bits per heavy atom. The molecule has 0 atom stereocenters. The van der Waals surface area contributed by atoms with Crippen molar-refractivity contribution < 1.29 is 0 Å². The first-order valence-corrected chi connectivity index (χ1v) is 6.68. The summed E-state index contributed by atoms with van der Waals surface area (Å²) in [5.74, 6) is 0. The molecule has 0 fully saturated rings. The molecule has 13 heavy (non-hydrogen) atoms. The molecule has 0 amide bonds. The molecular formula is C11H17BrS. The van der Waals surface area contributed by atoms with Gasteiger partial charge in [-0.05, 0) is 40.9 Å². The molecule has 0 aliphatic rings. The highest BCUT2D eigenvalue weighted by Crippen LogP contribution is 2.23. The van der Waals surface area contributed by atoms with E-state index < -0.39 is 0 Å². The summed E-state index contributed by atoms with van der Waals surface area (Å²) in [5.41, 5.74) is 0. The number of unbranched alkanes of at least 4 members (excludes halogenated alkanes) is 4. The Labute approximate surface area is 93.5 Å². The van der Waals surface area contributed by atoms with Crippen molar-refractivity contribution in [1.29, 1.82) is 0 Å². The lowest BCUT2D eigenvalue weighted by atomic mass is 10.1. The van der Waals surface area contributed by atoms with E-state index in [1.807, 2.05) is 11.3 Å². The summed E-state index contributed by atoms with van der Waals surface area (Å²) in [6, 6.07) is 4.38. The van der Waals surface area contributed by atoms with Crippen molar-refractivity contribution in [3.05, 3.63) is 20.8 Å². The fourth-order valence-corrected chi connectivity index (χ4v) is 2.91. The molecule has 0 bridgehead atoms. The average molecular weight is 261 g/mol. The minimum Gasteiger partial charge on any atom is -0.133 e. The zero-order valence-electron chi connectivity index (χ0n) is 8.18. The van der Waals surface area contributed by atoms with Gasteiger partial charge in [0, 0.05) is 4.88 Å².